The predicted octanol–water partition coefficient (Wildman–Crippen LogP) is 4.65. The van der Waals surface area contributed by atoms with E-state index in [2.05, 4.69) is 10.1 Å². The van der Waals surface area contributed by atoms with Crippen LogP contribution in [0.25, 0.3) is 0 Å². The topological polar surface area (TPSA) is 56.8 Å². The second-order valence-corrected chi connectivity index (χ2v) is 5.77. The number of carbonyl (C=O) groups excluding carboxylic acids is 1. The average molecular weight is 388 g/mol. The van der Waals surface area contributed by atoms with E-state index in [-0.39, 0.29) is 16.3 Å². The molecule has 0 atom stereocenters. The van der Waals surface area contributed by atoms with Gasteiger partial charge in [-0.05, 0) is 36.4 Å². The van der Waals surface area contributed by atoms with Crippen LogP contribution in [0.3, 0.4) is 0 Å². The van der Waals surface area contributed by atoms with Crippen LogP contribution in [0.15, 0.2) is 36.4 Å². The maximum atomic E-state index is 12.4. The van der Waals surface area contributed by atoms with Gasteiger partial charge in [-0.15, -0.1) is 13.2 Å². The average Bonchev–Trinajstić information content (AvgIpc) is 2.81. The molecule has 1 N–H and O–H groups in total. The Morgan fingerprint density at radius 1 is 1.12 bits per heavy atom. The molecule has 2 aromatic carbocycles. The van der Waals surface area contributed by atoms with Gasteiger partial charge in [-0.25, -0.2) is 0 Å². The Kier molecular flexibility index (Phi) is 5.13. The monoisotopic (exact) mass is 387 g/mol. The minimum absolute atomic E-state index is 0.231. The third kappa shape index (κ3) is 4.51. The fourth-order valence-electron chi connectivity index (χ4n) is 2.31. The summed E-state index contributed by atoms with van der Waals surface area (Å²) in [4.78, 5) is 12.4. The van der Waals surface area contributed by atoms with Crippen molar-refractivity contribution in [3.8, 4) is 17.2 Å². The number of carbonyl (C=O) groups is 1. The molecule has 1 heterocycles. The molecule has 138 valence electrons. The van der Waals surface area contributed by atoms with E-state index in [1.165, 1.54) is 24.3 Å². The quantitative estimate of drug-likeness (QED) is 0.832. The van der Waals surface area contributed by atoms with Gasteiger partial charge in [0.05, 0.1) is 18.2 Å². The number of ether oxygens (including phenoxy) is 3. The second kappa shape index (κ2) is 7.33. The fraction of sp³-hybridized carbons (Fsp3) is 0.235. The zero-order valence-corrected chi connectivity index (χ0v) is 14.0. The van der Waals surface area contributed by atoms with Crippen molar-refractivity contribution in [2.75, 3.05) is 18.5 Å². The van der Waals surface area contributed by atoms with E-state index < -0.39 is 12.3 Å². The SMILES string of the molecule is O=C(Nc1ccc(OC(F)(F)F)cc1)c1cc(Cl)c2c(c1)OCCCO2. The van der Waals surface area contributed by atoms with E-state index in [1.54, 1.807) is 0 Å². The largest absolute Gasteiger partial charge is 0.573 e. The van der Waals surface area contributed by atoms with Gasteiger partial charge in [-0.2, -0.15) is 0 Å². The lowest BCUT2D eigenvalue weighted by Crippen LogP contribution is -2.17. The summed E-state index contributed by atoms with van der Waals surface area (Å²) in [6, 6.07) is 7.73. The minimum Gasteiger partial charge on any atom is -0.489 e. The lowest BCUT2D eigenvalue weighted by atomic mass is 10.1. The molecule has 26 heavy (non-hydrogen) atoms. The smallest absolute Gasteiger partial charge is 0.489 e. The van der Waals surface area contributed by atoms with E-state index >= 15 is 0 Å². The Balaban J connectivity index is 1.74. The van der Waals surface area contributed by atoms with Gasteiger partial charge >= 0.3 is 6.36 Å². The molecule has 0 aromatic heterocycles. The van der Waals surface area contributed by atoms with Gasteiger partial charge in [-0.3, -0.25) is 4.79 Å². The van der Waals surface area contributed by atoms with Crippen LogP contribution in [0.4, 0.5) is 18.9 Å². The minimum atomic E-state index is -4.77. The van der Waals surface area contributed by atoms with Gasteiger partial charge in [0.1, 0.15) is 5.75 Å². The highest BCUT2D eigenvalue weighted by atomic mass is 35.5. The van der Waals surface area contributed by atoms with Crippen LogP contribution in [-0.2, 0) is 0 Å². The summed E-state index contributed by atoms with van der Waals surface area (Å²) in [5.41, 5.74) is 0.530. The van der Waals surface area contributed by atoms with Gasteiger partial charge in [0.2, 0.25) is 0 Å². The number of alkyl halides is 3. The summed E-state index contributed by atoms with van der Waals surface area (Å²) in [6.07, 6.45) is -4.08. The van der Waals surface area contributed by atoms with Crippen LogP contribution in [-0.4, -0.2) is 25.5 Å². The molecule has 1 amide bonds. The molecule has 2 aromatic rings. The predicted molar refractivity (Wildman–Crippen MR) is 88.1 cm³/mol. The number of fused-ring (bicyclic) bond motifs is 1. The molecule has 1 aliphatic rings. The molecule has 5 nitrogen and oxygen atoms in total. The van der Waals surface area contributed by atoms with Gasteiger partial charge in [0.15, 0.2) is 11.5 Å². The number of hydrogen-bond acceptors (Lipinski definition) is 4. The van der Waals surface area contributed by atoms with E-state index in [9.17, 15) is 18.0 Å². The first-order valence-corrected chi connectivity index (χ1v) is 7.96. The highest BCUT2D eigenvalue weighted by Crippen LogP contribution is 2.38. The Morgan fingerprint density at radius 2 is 1.81 bits per heavy atom. The number of halogens is 4. The van der Waals surface area contributed by atoms with Crippen molar-refractivity contribution in [2.45, 2.75) is 12.8 Å². The van der Waals surface area contributed by atoms with Crippen molar-refractivity contribution in [3.63, 3.8) is 0 Å². The number of hydrogen-bond donors (Lipinski definition) is 1. The molecular weight excluding hydrogens is 375 g/mol. The molecule has 0 radical (unpaired) electrons. The number of amides is 1. The van der Waals surface area contributed by atoms with Gasteiger partial charge in [0.25, 0.3) is 5.91 Å². The Bertz CT molecular complexity index is 809. The molecule has 1 aliphatic heterocycles. The van der Waals surface area contributed by atoms with Gasteiger partial charge in [0, 0.05) is 17.7 Å². The molecule has 0 fully saturated rings. The Labute approximate surface area is 151 Å². The van der Waals surface area contributed by atoms with Crippen LogP contribution in [0.5, 0.6) is 17.2 Å². The van der Waals surface area contributed by atoms with Crippen molar-refractivity contribution in [2.24, 2.45) is 0 Å². The number of anilines is 1. The maximum absolute atomic E-state index is 12.4. The van der Waals surface area contributed by atoms with Gasteiger partial charge < -0.3 is 19.5 Å². The molecule has 0 saturated heterocycles. The summed E-state index contributed by atoms with van der Waals surface area (Å²) >= 11 is 6.14. The Hall–Kier alpha value is -2.61. The molecule has 9 heteroatoms. The molecule has 0 unspecified atom stereocenters. The van der Waals surface area contributed by atoms with Crippen LogP contribution >= 0.6 is 11.6 Å². The summed E-state index contributed by atoms with van der Waals surface area (Å²) in [7, 11) is 0. The lowest BCUT2D eigenvalue weighted by Gasteiger charge is -2.12. The highest BCUT2D eigenvalue weighted by Gasteiger charge is 2.31. The Morgan fingerprint density at radius 3 is 2.50 bits per heavy atom. The molecule has 0 saturated carbocycles. The first-order chi connectivity index (χ1) is 12.3. The zero-order valence-electron chi connectivity index (χ0n) is 13.2. The van der Waals surface area contributed by atoms with E-state index in [1.807, 2.05) is 0 Å². The first kappa shape index (κ1) is 18.2. The summed E-state index contributed by atoms with van der Waals surface area (Å²) in [5.74, 6) is -0.121. The number of nitrogens with one attached hydrogen (secondary N) is 1. The van der Waals surface area contributed by atoms with Crippen LogP contribution < -0.4 is 19.5 Å². The van der Waals surface area contributed by atoms with Crippen molar-refractivity contribution >= 4 is 23.2 Å². The van der Waals surface area contributed by atoms with Crippen molar-refractivity contribution < 1.29 is 32.2 Å². The first-order valence-electron chi connectivity index (χ1n) is 7.58. The lowest BCUT2D eigenvalue weighted by molar-refractivity contribution is -0.274. The summed E-state index contributed by atoms with van der Waals surface area (Å²) in [5, 5.41) is 2.81. The second-order valence-electron chi connectivity index (χ2n) is 5.36. The van der Waals surface area contributed by atoms with E-state index in [4.69, 9.17) is 21.1 Å². The molecule has 0 bridgehead atoms. The van der Waals surface area contributed by atoms with Crippen molar-refractivity contribution in [1.29, 1.82) is 0 Å². The summed E-state index contributed by atoms with van der Waals surface area (Å²) in [6.45, 7) is 0.902. The third-order valence-corrected chi connectivity index (χ3v) is 3.69. The molecule has 0 aliphatic carbocycles. The third-order valence-electron chi connectivity index (χ3n) is 3.41. The van der Waals surface area contributed by atoms with Crippen molar-refractivity contribution in [1.82, 2.24) is 0 Å². The zero-order chi connectivity index (χ0) is 18.7. The number of rotatable bonds is 3. The van der Waals surface area contributed by atoms with Crippen LogP contribution in [0.2, 0.25) is 5.02 Å². The van der Waals surface area contributed by atoms with Gasteiger partial charge in [-0.1, -0.05) is 11.6 Å². The maximum Gasteiger partial charge on any atom is 0.573 e. The normalized spacial score (nSPS) is 13.7. The summed E-state index contributed by atoms with van der Waals surface area (Å²) < 4.78 is 51.2. The van der Waals surface area contributed by atoms with Crippen molar-refractivity contribution in [3.05, 3.63) is 47.0 Å². The molecule has 3 rings (SSSR count). The number of benzene rings is 2. The fourth-order valence-corrected chi connectivity index (χ4v) is 2.57. The van der Waals surface area contributed by atoms with Crippen LogP contribution in [0.1, 0.15) is 16.8 Å². The molecule has 0 spiro atoms. The van der Waals surface area contributed by atoms with E-state index in [0.29, 0.717) is 36.8 Å². The standard InChI is InChI=1S/C17H13ClF3NO4/c18-13-8-10(9-14-15(13)25-7-1-6-24-14)16(23)22-11-2-4-12(5-3-11)26-17(19,20)21/h2-5,8-9H,1,6-7H2,(H,22,23). The molecular formula is C17H13ClF3NO4. The van der Waals surface area contributed by atoms with Crippen LogP contribution in [0, 0.1) is 0 Å². The van der Waals surface area contributed by atoms with E-state index in [0.717, 1.165) is 12.1 Å². The highest BCUT2D eigenvalue weighted by molar-refractivity contribution is 6.32.